The molecular formula is C15H13FN2S. The summed E-state index contributed by atoms with van der Waals surface area (Å²) >= 11 is 1.52. The van der Waals surface area contributed by atoms with Crippen LogP contribution in [0.5, 0.6) is 0 Å². The van der Waals surface area contributed by atoms with E-state index in [4.69, 9.17) is 11.0 Å². The smallest absolute Gasteiger partial charge is 0.144 e. The van der Waals surface area contributed by atoms with Gasteiger partial charge in [0.15, 0.2) is 0 Å². The molecule has 0 spiro atoms. The van der Waals surface area contributed by atoms with Gasteiger partial charge in [0.25, 0.3) is 0 Å². The van der Waals surface area contributed by atoms with Gasteiger partial charge in [0, 0.05) is 16.3 Å². The van der Waals surface area contributed by atoms with Crippen LogP contribution in [-0.4, -0.2) is 0 Å². The van der Waals surface area contributed by atoms with Crippen molar-refractivity contribution >= 4 is 17.4 Å². The molecule has 2 N–H and O–H groups in total. The molecule has 0 saturated carbocycles. The van der Waals surface area contributed by atoms with Gasteiger partial charge in [-0.25, -0.2) is 4.39 Å². The topological polar surface area (TPSA) is 49.8 Å². The number of anilines is 1. The molecule has 0 saturated heterocycles. The second-order valence-corrected chi connectivity index (χ2v) is 5.25. The molecule has 0 heterocycles. The second-order valence-electron chi connectivity index (χ2n) is 4.20. The van der Waals surface area contributed by atoms with Crippen molar-refractivity contribution in [3.05, 3.63) is 58.9 Å². The Morgan fingerprint density at radius 1 is 1.32 bits per heavy atom. The third-order valence-electron chi connectivity index (χ3n) is 2.83. The minimum atomic E-state index is -0.426. The molecule has 0 bridgehead atoms. The summed E-state index contributed by atoms with van der Waals surface area (Å²) in [6.45, 7) is 1.94. The Kier molecular flexibility index (Phi) is 4.08. The molecule has 0 amide bonds. The first-order chi connectivity index (χ1) is 9.11. The van der Waals surface area contributed by atoms with Crippen LogP contribution in [0.15, 0.2) is 41.3 Å². The molecule has 0 unspecified atom stereocenters. The van der Waals surface area contributed by atoms with Crippen molar-refractivity contribution in [2.24, 2.45) is 0 Å². The number of hydrogen-bond acceptors (Lipinski definition) is 3. The standard InChI is InChI=1S/C15H13FN2S/c1-10-7-13(5-6-14(10)18)19-9-12-4-2-3-11(8-17)15(12)16/h2-7H,9,18H2,1H3. The van der Waals surface area contributed by atoms with E-state index in [0.29, 0.717) is 11.3 Å². The lowest BCUT2D eigenvalue weighted by atomic mass is 10.1. The molecule has 19 heavy (non-hydrogen) atoms. The lowest BCUT2D eigenvalue weighted by molar-refractivity contribution is 0.613. The summed E-state index contributed by atoms with van der Waals surface area (Å²) in [5, 5.41) is 8.78. The number of nitrogens with two attached hydrogens (primary N) is 1. The lowest BCUT2D eigenvalue weighted by Gasteiger charge is -2.06. The molecule has 96 valence electrons. The first kappa shape index (κ1) is 13.4. The van der Waals surface area contributed by atoms with Gasteiger partial charge >= 0.3 is 0 Å². The van der Waals surface area contributed by atoms with E-state index in [0.717, 1.165) is 16.1 Å². The van der Waals surface area contributed by atoms with Crippen molar-refractivity contribution in [3.63, 3.8) is 0 Å². The molecule has 0 aliphatic rings. The highest BCUT2D eigenvalue weighted by molar-refractivity contribution is 7.98. The molecule has 2 aromatic rings. The number of thioether (sulfide) groups is 1. The van der Waals surface area contributed by atoms with E-state index in [1.54, 1.807) is 12.1 Å². The Morgan fingerprint density at radius 2 is 2.11 bits per heavy atom. The minimum absolute atomic E-state index is 0.0894. The third-order valence-corrected chi connectivity index (χ3v) is 3.88. The van der Waals surface area contributed by atoms with Crippen LogP contribution in [-0.2, 0) is 5.75 Å². The van der Waals surface area contributed by atoms with Crippen LogP contribution in [0.2, 0.25) is 0 Å². The van der Waals surface area contributed by atoms with Gasteiger partial charge in [-0.1, -0.05) is 12.1 Å². The van der Waals surface area contributed by atoms with E-state index >= 15 is 0 Å². The minimum Gasteiger partial charge on any atom is -0.399 e. The number of nitrogens with zero attached hydrogens (tertiary/aromatic N) is 1. The van der Waals surface area contributed by atoms with E-state index in [9.17, 15) is 4.39 Å². The highest BCUT2D eigenvalue weighted by Gasteiger charge is 2.08. The van der Waals surface area contributed by atoms with Gasteiger partial charge in [0.2, 0.25) is 0 Å². The number of halogens is 1. The third kappa shape index (κ3) is 3.07. The number of nitriles is 1. The predicted octanol–water partition coefficient (Wildman–Crippen LogP) is 3.88. The van der Waals surface area contributed by atoms with Gasteiger partial charge in [0.05, 0.1) is 5.56 Å². The lowest BCUT2D eigenvalue weighted by Crippen LogP contribution is -1.92. The molecule has 2 rings (SSSR count). The summed E-state index contributed by atoms with van der Waals surface area (Å²) in [6, 6.07) is 12.5. The number of aryl methyl sites for hydroxylation is 1. The summed E-state index contributed by atoms with van der Waals surface area (Å²) in [5.41, 5.74) is 8.14. The number of hydrogen-bond donors (Lipinski definition) is 1. The Labute approximate surface area is 116 Å². The fourth-order valence-corrected chi connectivity index (χ4v) is 2.65. The van der Waals surface area contributed by atoms with Crippen LogP contribution in [0, 0.1) is 24.1 Å². The van der Waals surface area contributed by atoms with E-state index in [1.807, 2.05) is 31.2 Å². The summed E-state index contributed by atoms with van der Waals surface area (Å²) < 4.78 is 13.9. The normalized spacial score (nSPS) is 10.2. The molecule has 0 fully saturated rings. The van der Waals surface area contributed by atoms with Gasteiger partial charge in [-0.2, -0.15) is 5.26 Å². The number of nitrogen functional groups attached to an aromatic ring is 1. The molecule has 0 aliphatic carbocycles. The monoisotopic (exact) mass is 272 g/mol. The fourth-order valence-electron chi connectivity index (χ4n) is 1.68. The average Bonchev–Trinajstić information content (AvgIpc) is 2.41. The Hall–Kier alpha value is -1.99. The maximum absolute atomic E-state index is 13.9. The van der Waals surface area contributed by atoms with Gasteiger partial charge < -0.3 is 5.73 Å². The van der Waals surface area contributed by atoms with Gasteiger partial charge in [-0.15, -0.1) is 11.8 Å². The summed E-state index contributed by atoms with van der Waals surface area (Å²) in [4.78, 5) is 1.04. The van der Waals surface area contributed by atoms with E-state index in [2.05, 4.69) is 0 Å². The zero-order valence-electron chi connectivity index (χ0n) is 10.5. The Bertz CT molecular complexity index is 647. The molecule has 4 heteroatoms. The maximum Gasteiger partial charge on any atom is 0.144 e. The van der Waals surface area contributed by atoms with Crippen LogP contribution in [0.1, 0.15) is 16.7 Å². The van der Waals surface area contributed by atoms with Crippen LogP contribution in [0.3, 0.4) is 0 Å². The van der Waals surface area contributed by atoms with Crippen molar-refractivity contribution < 1.29 is 4.39 Å². The molecule has 0 aromatic heterocycles. The second kappa shape index (κ2) is 5.77. The highest BCUT2D eigenvalue weighted by atomic mass is 32.2. The summed E-state index contributed by atoms with van der Waals surface area (Å²) in [6.07, 6.45) is 0. The highest BCUT2D eigenvalue weighted by Crippen LogP contribution is 2.27. The van der Waals surface area contributed by atoms with Crippen LogP contribution < -0.4 is 5.73 Å². The summed E-state index contributed by atoms with van der Waals surface area (Å²) in [7, 11) is 0. The van der Waals surface area contributed by atoms with Crippen LogP contribution >= 0.6 is 11.8 Å². The van der Waals surface area contributed by atoms with Crippen molar-refractivity contribution in [1.82, 2.24) is 0 Å². The van der Waals surface area contributed by atoms with E-state index < -0.39 is 5.82 Å². The number of benzene rings is 2. The van der Waals surface area contributed by atoms with E-state index in [1.165, 1.54) is 17.8 Å². The van der Waals surface area contributed by atoms with Crippen LogP contribution in [0.25, 0.3) is 0 Å². The fraction of sp³-hybridized carbons (Fsp3) is 0.133. The van der Waals surface area contributed by atoms with Crippen molar-refractivity contribution in [3.8, 4) is 6.07 Å². The molecule has 0 aliphatic heterocycles. The molecule has 0 atom stereocenters. The van der Waals surface area contributed by atoms with Crippen molar-refractivity contribution in [2.75, 3.05) is 5.73 Å². The maximum atomic E-state index is 13.9. The van der Waals surface area contributed by atoms with E-state index in [-0.39, 0.29) is 5.56 Å². The van der Waals surface area contributed by atoms with Crippen LogP contribution in [0.4, 0.5) is 10.1 Å². The summed E-state index contributed by atoms with van der Waals surface area (Å²) in [5.74, 6) is 0.0646. The van der Waals surface area contributed by atoms with Gasteiger partial charge in [-0.3, -0.25) is 0 Å². The average molecular weight is 272 g/mol. The zero-order chi connectivity index (χ0) is 13.8. The Balaban J connectivity index is 2.15. The van der Waals surface area contributed by atoms with Crippen molar-refractivity contribution in [2.45, 2.75) is 17.6 Å². The largest absolute Gasteiger partial charge is 0.399 e. The Morgan fingerprint density at radius 3 is 2.79 bits per heavy atom. The molecule has 2 aromatic carbocycles. The number of rotatable bonds is 3. The first-order valence-corrected chi connectivity index (χ1v) is 6.77. The van der Waals surface area contributed by atoms with Crippen molar-refractivity contribution in [1.29, 1.82) is 5.26 Å². The molecule has 2 nitrogen and oxygen atoms in total. The molecular weight excluding hydrogens is 259 g/mol. The predicted molar refractivity (Wildman–Crippen MR) is 76.3 cm³/mol. The SMILES string of the molecule is Cc1cc(SCc2cccc(C#N)c2F)ccc1N. The quantitative estimate of drug-likeness (QED) is 0.681. The van der Waals surface area contributed by atoms with Gasteiger partial charge in [-0.05, 0) is 42.3 Å². The molecule has 0 radical (unpaired) electrons. The van der Waals surface area contributed by atoms with Gasteiger partial charge in [0.1, 0.15) is 11.9 Å². The zero-order valence-corrected chi connectivity index (χ0v) is 11.3. The first-order valence-electron chi connectivity index (χ1n) is 5.78.